The van der Waals surface area contributed by atoms with Gasteiger partial charge in [0.1, 0.15) is 17.7 Å². The van der Waals surface area contributed by atoms with Crippen LogP contribution in [-0.2, 0) is 9.59 Å². The number of halogens is 4. The quantitative estimate of drug-likeness (QED) is 0.363. The van der Waals surface area contributed by atoms with E-state index in [0.717, 1.165) is 18.3 Å². The molecule has 8 nitrogen and oxygen atoms in total. The lowest BCUT2D eigenvalue weighted by Gasteiger charge is -2.42. The van der Waals surface area contributed by atoms with Crippen molar-refractivity contribution >= 4 is 29.2 Å². The fraction of sp³-hybridized carbons (Fsp3) is 0.192. The Balaban J connectivity index is 1.85. The number of anilines is 2. The zero-order valence-corrected chi connectivity index (χ0v) is 19.7. The molecule has 0 fully saturated rings. The van der Waals surface area contributed by atoms with Crippen LogP contribution in [0.5, 0.6) is 0 Å². The second-order valence-corrected chi connectivity index (χ2v) is 8.38. The molecule has 3 aromatic rings. The zero-order valence-electron chi connectivity index (χ0n) is 19.7. The lowest BCUT2D eigenvalue weighted by atomic mass is 9.79. The third kappa shape index (κ3) is 5.04. The molecular formula is C26H19F4N5O3. The Labute approximate surface area is 213 Å². The Kier molecular flexibility index (Phi) is 7.38. The molecule has 194 valence electrons. The van der Waals surface area contributed by atoms with Gasteiger partial charge in [0.05, 0.1) is 17.5 Å². The largest absolute Gasteiger partial charge is 0.325 e. The molecule has 0 saturated carbocycles. The average Bonchev–Trinajstić information content (AvgIpc) is 2.89. The van der Waals surface area contributed by atoms with Crippen molar-refractivity contribution in [1.29, 1.82) is 5.26 Å². The summed E-state index contributed by atoms with van der Waals surface area (Å²) in [6, 6.07) is 11.7. The van der Waals surface area contributed by atoms with Gasteiger partial charge in [-0.1, -0.05) is 24.3 Å². The number of carbonyl (C=O) groups excluding carboxylic acids is 3. The Morgan fingerprint density at radius 3 is 2.45 bits per heavy atom. The van der Waals surface area contributed by atoms with Crippen LogP contribution in [0.3, 0.4) is 0 Å². The van der Waals surface area contributed by atoms with Gasteiger partial charge in [0.15, 0.2) is 0 Å². The van der Waals surface area contributed by atoms with Crippen molar-refractivity contribution in [3.05, 3.63) is 88.9 Å². The first-order valence-electron chi connectivity index (χ1n) is 11.2. The Morgan fingerprint density at radius 2 is 1.82 bits per heavy atom. The molecule has 4 rings (SSSR count). The summed E-state index contributed by atoms with van der Waals surface area (Å²) in [7, 11) is 0. The first kappa shape index (κ1) is 26.3. The fourth-order valence-corrected chi connectivity index (χ4v) is 4.33. The predicted octanol–water partition coefficient (Wildman–Crippen LogP) is 4.53. The van der Waals surface area contributed by atoms with E-state index in [1.807, 2.05) is 0 Å². The van der Waals surface area contributed by atoms with Gasteiger partial charge in [-0.25, -0.2) is 22.5 Å². The van der Waals surface area contributed by atoms with Crippen LogP contribution in [0.25, 0.3) is 0 Å². The van der Waals surface area contributed by atoms with Crippen LogP contribution in [0.1, 0.15) is 45.9 Å². The van der Waals surface area contributed by atoms with Crippen molar-refractivity contribution in [3.63, 3.8) is 0 Å². The molecule has 2 heterocycles. The molecule has 3 atom stereocenters. The van der Waals surface area contributed by atoms with Gasteiger partial charge in [-0.15, -0.1) is 0 Å². The Bertz CT molecular complexity index is 1440. The number of carbonyl (C=O) groups is 3. The molecule has 1 aliphatic heterocycles. The second-order valence-electron chi connectivity index (χ2n) is 8.38. The normalized spacial score (nSPS) is 17.4. The minimum atomic E-state index is -3.59. The molecule has 1 aromatic heterocycles. The van der Waals surface area contributed by atoms with Gasteiger partial charge >= 0.3 is 0 Å². The van der Waals surface area contributed by atoms with Gasteiger partial charge in [0.2, 0.25) is 18.1 Å². The maximum absolute atomic E-state index is 15.0. The number of nitrogens with one attached hydrogen (secondary N) is 2. The van der Waals surface area contributed by atoms with Gasteiger partial charge in [0.25, 0.3) is 12.3 Å². The summed E-state index contributed by atoms with van der Waals surface area (Å²) in [4.78, 5) is 42.6. The highest BCUT2D eigenvalue weighted by molar-refractivity contribution is 6.04. The third-order valence-electron chi connectivity index (χ3n) is 5.92. The number of rotatable bonds is 6. The zero-order chi connectivity index (χ0) is 27.6. The van der Waals surface area contributed by atoms with Crippen molar-refractivity contribution in [2.45, 2.75) is 31.6 Å². The van der Waals surface area contributed by atoms with E-state index >= 15 is 4.39 Å². The number of benzene rings is 2. The van der Waals surface area contributed by atoms with Crippen LogP contribution in [0, 0.1) is 17.1 Å². The van der Waals surface area contributed by atoms with Crippen LogP contribution >= 0.6 is 0 Å². The molecule has 38 heavy (non-hydrogen) atoms. The van der Waals surface area contributed by atoms with E-state index in [-0.39, 0.29) is 33.8 Å². The highest BCUT2D eigenvalue weighted by Crippen LogP contribution is 2.45. The molecule has 0 saturated heterocycles. The van der Waals surface area contributed by atoms with E-state index in [1.54, 1.807) is 6.07 Å². The molecule has 2 N–H and O–H groups in total. The van der Waals surface area contributed by atoms with E-state index < -0.39 is 48.2 Å². The minimum absolute atomic E-state index is 0.0254. The lowest BCUT2D eigenvalue weighted by Crippen LogP contribution is -2.51. The summed E-state index contributed by atoms with van der Waals surface area (Å²) < 4.78 is 56.1. The Morgan fingerprint density at radius 1 is 1.08 bits per heavy atom. The monoisotopic (exact) mass is 525 g/mol. The molecule has 2 aromatic carbocycles. The van der Waals surface area contributed by atoms with E-state index in [2.05, 4.69) is 15.6 Å². The number of hydrogen-bond acceptors (Lipinski definition) is 5. The molecule has 0 radical (unpaired) electrons. The van der Waals surface area contributed by atoms with Crippen molar-refractivity contribution in [2.24, 2.45) is 0 Å². The molecule has 0 spiro atoms. The Hall–Kier alpha value is -4.79. The fourth-order valence-electron chi connectivity index (χ4n) is 4.33. The number of fused-ring (bicyclic) bond motifs is 1. The summed E-state index contributed by atoms with van der Waals surface area (Å²) in [5.74, 6) is -4.43. The number of hydrogen-bond donors (Lipinski definition) is 2. The summed E-state index contributed by atoms with van der Waals surface area (Å²) in [5.41, 5.74) is -0.280. The van der Waals surface area contributed by atoms with Crippen molar-refractivity contribution in [2.75, 3.05) is 10.6 Å². The molecular weight excluding hydrogens is 506 g/mol. The summed E-state index contributed by atoms with van der Waals surface area (Å²) in [6.45, 7) is 1.25. The van der Waals surface area contributed by atoms with Crippen molar-refractivity contribution < 1.29 is 31.9 Å². The molecule has 3 amide bonds. The van der Waals surface area contributed by atoms with E-state index in [1.165, 1.54) is 49.4 Å². The highest BCUT2D eigenvalue weighted by atomic mass is 19.3. The van der Waals surface area contributed by atoms with Crippen LogP contribution in [0.2, 0.25) is 0 Å². The van der Waals surface area contributed by atoms with Gasteiger partial charge in [-0.3, -0.25) is 19.3 Å². The molecule has 1 aliphatic rings. The highest BCUT2D eigenvalue weighted by Gasteiger charge is 2.49. The number of pyridine rings is 1. The van der Waals surface area contributed by atoms with E-state index in [0.29, 0.717) is 4.90 Å². The van der Waals surface area contributed by atoms with Gasteiger partial charge < -0.3 is 10.6 Å². The predicted molar refractivity (Wildman–Crippen MR) is 127 cm³/mol. The van der Waals surface area contributed by atoms with E-state index in [9.17, 15) is 27.6 Å². The number of nitrogens with zero attached hydrogens (tertiary/aromatic N) is 3. The maximum Gasteiger partial charge on any atom is 0.287 e. The van der Waals surface area contributed by atoms with Crippen LogP contribution < -0.4 is 10.6 Å². The smallest absolute Gasteiger partial charge is 0.287 e. The van der Waals surface area contributed by atoms with Crippen molar-refractivity contribution in [1.82, 2.24) is 9.88 Å². The molecule has 0 aliphatic carbocycles. The third-order valence-corrected chi connectivity index (χ3v) is 5.92. The number of aromatic nitrogens is 1. The minimum Gasteiger partial charge on any atom is -0.325 e. The SMILES string of the molecule is CC(=O)Nc1ccc(C2C(C(=O)Nc3ccc(F)c(C#N)c3)c3ccccc3C(=O)N2C(F)C(F)F)cn1. The molecule has 3 unspecified atom stereocenters. The van der Waals surface area contributed by atoms with Gasteiger partial charge in [0, 0.05) is 24.4 Å². The van der Waals surface area contributed by atoms with Crippen molar-refractivity contribution in [3.8, 4) is 6.07 Å². The van der Waals surface area contributed by atoms with Crippen LogP contribution in [0.4, 0.5) is 29.1 Å². The van der Waals surface area contributed by atoms with Crippen LogP contribution in [-0.4, -0.2) is 40.3 Å². The number of amides is 3. The topological polar surface area (TPSA) is 115 Å². The summed E-state index contributed by atoms with van der Waals surface area (Å²) in [6.07, 6.45) is -5.51. The summed E-state index contributed by atoms with van der Waals surface area (Å²) >= 11 is 0. The van der Waals surface area contributed by atoms with Crippen LogP contribution in [0.15, 0.2) is 60.8 Å². The lowest BCUT2D eigenvalue weighted by molar-refractivity contribution is -0.121. The maximum atomic E-state index is 15.0. The van der Waals surface area contributed by atoms with E-state index in [4.69, 9.17) is 5.26 Å². The standard InChI is InChI=1S/C26H19F4N5O3/c1-13(36)33-20-9-6-14(12-32-20)22-21(25(37)34-16-7-8-19(27)15(10-16)11-31)17-4-2-3-5-18(17)26(38)35(22)24(30)23(28)29/h2-10,12,21-24H,1H3,(H,34,37)(H,32,33,36). The number of alkyl halides is 3. The first-order valence-corrected chi connectivity index (χ1v) is 11.2. The number of nitriles is 1. The van der Waals surface area contributed by atoms with Gasteiger partial charge in [-0.2, -0.15) is 5.26 Å². The molecule has 0 bridgehead atoms. The molecule has 12 heteroatoms. The summed E-state index contributed by atoms with van der Waals surface area (Å²) in [5, 5.41) is 14.1. The average molecular weight is 525 g/mol. The first-order chi connectivity index (χ1) is 18.1. The second kappa shape index (κ2) is 10.7. The van der Waals surface area contributed by atoms with Gasteiger partial charge in [-0.05, 0) is 41.5 Å².